The smallest absolute Gasteiger partial charge is 0.326 e. The molecule has 2 unspecified atom stereocenters. The number of hydrogen-bond acceptors (Lipinski definition) is 6. The Bertz CT molecular complexity index is 475. The highest BCUT2D eigenvalue weighted by Crippen LogP contribution is 2.38. The summed E-state index contributed by atoms with van der Waals surface area (Å²) in [5.41, 5.74) is -0.542. The van der Waals surface area contributed by atoms with Crippen molar-refractivity contribution in [1.82, 2.24) is 20.1 Å². The lowest BCUT2D eigenvalue weighted by Gasteiger charge is -2.39. The molecular formula is C14H24N4O2S. The van der Waals surface area contributed by atoms with Gasteiger partial charge in [-0.1, -0.05) is 18.7 Å². The zero-order chi connectivity index (χ0) is 15.3. The van der Waals surface area contributed by atoms with Crippen molar-refractivity contribution in [2.45, 2.75) is 55.5 Å². The average molecular weight is 312 g/mol. The van der Waals surface area contributed by atoms with Gasteiger partial charge in [0, 0.05) is 12.3 Å². The molecule has 0 amide bonds. The van der Waals surface area contributed by atoms with E-state index in [0.717, 1.165) is 37.4 Å². The Labute approximate surface area is 130 Å². The van der Waals surface area contributed by atoms with Crippen molar-refractivity contribution in [3.63, 3.8) is 0 Å². The van der Waals surface area contributed by atoms with E-state index >= 15 is 0 Å². The number of hydrogen-bond donors (Lipinski definition) is 1. The van der Waals surface area contributed by atoms with Gasteiger partial charge < -0.3 is 10.1 Å². The van der Waals surface area contributed by atoms with Gasteiger partial charge in [-0.2, -0.15) is 5.10 Å². The van der Waals surface area contributed by atoms with Crippen LogP contribution in [-0.4, -0.2) is 44.7 Å². The molecule has 1 saturated carbocycles. The number of carbonyl (C=O) groups excluding carboxylic acids is 1. The Morgan fingerprint density at radius 1 is 1.62 bits per heavy atom. The summed E-state index contributed by atoms with van der Waals surface area (Å²) in [6, 6.07) is 0. The first-order chi connectivity index (χ1) is 10.1. The standard InChI is InChI=1S/C14H24N4O2S/c1-4-16-14(12(19)20-5-2)8-6-7-11(9-14)21-13-15-10-17-18(13)3/h10-11,16H,4-9H2,1-3H3. The zero-order valence-electron chi connectivity index (χ0n) is 13.0. The zero-order valence-corrected chi connectivity index (χ0v) is 13.8. The van der Waals surface area contributed by atoms with Crippen molar-refractivity contribution in [2.75, 3.05) is 13.2 Å². The summed E-state index contributed by atoms with van der Waals surface area (Å²) in [7, 11) is 1.89. The van der Waals surface area contributed by atoms with Crippen LogP contribution < -0.4 is 5.32 Å². The molecule has 6 nitrogen and oxygen atoms in total. The lowest BCUT2D eigenvalue weighted by Crippen LogP contribution is -2.56. The van der Waals surface area contributed by atoms with E-state index in [1.165, 1.54) is 0 Å². The van der Waals surface area contributed by atoms with Crippen LogP contribution in [0, 0.1) is 0 Å². The first kappa shape index (κ1) is 16.3. The van der Waals surface area contributed by atoms with Crippen LogP contribution in [0.3, 0.4) is 0 Å². The van der Waals surface area contributed by atoms with Crippen LogP contribution in [0.5, 0.6) is 0 Å². The number of nitrogens with zero attached hydrogens (tertiary/aromatic N) is 3. The number of nitrogens with one attached hydrogen (secondary N) is 1. The molecule has 2 atom stereocenters. The van der Waals surface area contributed by atoms with Gasteiger partial charge in [-0.25, -0.2) is 9.67 Å². The van der Waals surface area contributed by atoms with Gasteiger partial charge in [0.2, 0.25) is 0 Å². The quantitative estimate of drug-likeness (QED) is 0.807. The van der Waals surface area contributed by atoms with Gasteiger partial charge in [0.05, 0.1) is 6.61 Å². The van der Waals surface area contributed by atoms with Gasteiger partial charge in [-0.05, 0) is 39.2 Å². The average Bonchev–Trinajstić information content (AvgIpc) is 2.85. The summed E-state index contributed by atoms with van der Waals surface area (Å²) in [5.74, 6) is -0.116. The van der Waals surface area contributed by atoms with Crippen molar-refractivity contribution < 1.29 is 9.53 Å². The summed E-state index contributed by atoms with van der Waals surface area (Å²) >= 11 is 1.70. The van der Waals surface area contributed by atoms with Gasteiger partial charge >= 0.3 is 5.97 Å². The Morgan fingerprint density at radius 2 is 2.43 bits per heavy atom. The normalized spacial score (nSPS) is 25.8. The van der Waals surface area contributed by atoms with Crippen LogP contribution in [0.2, 0.25) is 0 Å². The summed E-state index contributed by atoms with van der Waals surface area (Å²) in [5, 5.41) is 8.72. The summed E-state index contributed by atoms with van der Waals surface area (Å²) in [4.78, 5) is 16.7. The van der Waals surface area contributed by atoms with E-state index in [0.29, 0.717) is 11.9 Å². The highest BCUT2D eigenvalue weighted by molar-refractivity contribution is 7.99. The minimum absolute atomic E-state index is 0.116. The van der Waals surface area contributed by atoms with Crippen LogP contribution in [-0.2, 0) is 16.6 Å². The fourth-order valence-electron chi connectivity index (χ4n) is 2.89. The van der Waals surface area contributed by atoms with E-state index in [1.807, 2.05) is 20.9 Å². The van der Waals surface area contributed by atoms with Crippen LogP contribution in [0.15, 0.2) is 11.5 Å². The lowest BCUT2D eigenvalue weighted by molar-refractivity contribution is -0.152. The van der Waals surface area contributed by atoms with Crippen LogP contribution in [0.4, 0.5) is 0 Å². The third-order valence-corrected chi connectivity index (χ3v) is 5.15. The van der Waals surface area contributed by atoms with E-state index in [9.17, 15) is 4.79 Å². The minimum atomic E-state index is -0.542. The second-order valence-corrected chi connectivity index (χ2v) is 6.60. The van der Waals surface area contributed by atoms with Gasteiger partial charge in [-0.3, -0.25) is 4.79 Å². The summed E-state index contributed by atoms with van der Waals surface area (Å²) in [6.45, 7) is 5.07. The van der Waals surface area contributed by atoms with E-state index in [-0.39, 0.29) is 5.97 Å². The second kappa shape index (κ2) is 7.26. The minimum Gasteiger partial charge on any atom is -0.465 e. The molecule has 1 aliphatic carbocycles. The van der Waals surface area contributed by atoms with Crippen LogP contribution in [0.25, 0.3) is 0 Å². The molecule has 0 aliphatic heterocycles. The topological polar surface area (TPSA) is 69.0 Å². The Balaban J connectivity index is 2.09. The Hall–Kier alpha value is -1.08. The second-order valence-electron chi connectivity index (χ2n) is 5.34. The summed E-state index contributed by atoms with van der Waals surface area (Å²) < 4.78 is 7.08. The van der Waals surface area contributed by atoms with Crippen molar-refractivity contribution in [3.8, 4) is 0 Å². The summed E-state index contributed by atoms with van der Waals surface area (Å²) in [6.07, 6.45) is 5.28. The van der Waals surface area contributed by atoms with E-state index < -0.39 is 5.54 Å². The molecule has 118 valence electrons. The molecule has 0 aromatic carbocycles. The third-order valence-electron chi connectivity index (χ3n) is 3.83. The number of aromatic nitrogens is 3. The molecule has 1 aromatic heterocycles. The van der Waals surface area contributed by atoms with Gasteiger partial charge in [0.25, 0.3) is 0 Å². The van der Waals surface area contributed by atoms with Gasteiger partial charge in [-0.15, -0.1) is 0 Å². The Morgan fingerprint density at radius 3 is 3.05 bits per heavy atom. The molecular weight excluding hydrogens is 288 g/mol. The number of rotatable bonds is 6. The third kappa shape index (κ3) is 3.77. The first-order valence-electron chi connectivity index (χ1n) is 7.54. The number of ether oxygens (including phenoxy) is 1. The molecule has 21 heavy (non-hydrogen) atoms. The number of likely N-dealkylation sites (N-methyl/N-ethyl adjacent to an activating group) is 1. The first-order valence-corrected chi connectivity index (χ1v) is 8.42. The fraction of sp³-hybridized carbons (Fsp3) is 0.786. The molecule has 0 saturated heterocycles. The fourth-order valence-corrected chi connectivity index (χ4v) is 4.15. The molecule has 1 heterocycles. The van der Waals surface area contributed by atoms with E-state index in [1.54, 1.807) is 22.8 Å². The number of esters is 1. The monoisotopic (exact) mass is 312 g/mol. The maximum absolute atomic E-state index is 12.4. The largest absolute Gasteiger partial charge is 0.465 e. The molecule has 1 fully saturated rings. The maximum Gasteiger partial charge on any atom is 0.326 e. The molecule has 0 radical (unpaired) electrons. The SMILES string of the molecule is CCNC1(C(=O)OCC)CCCC(Sc2ncnn2C)C1. The number of carbonyl (C=O) groups is 1. The molecule has 1 N–H and O–H groups in total. The molecule has 2 rings (SSSR count). The van der Waals surface area contributed by atoms with Crippen LogP contribution >= 0.6 is 11.8 Å². The molecule has 0 bridgehead atoms. The van der Waals surface area contributed by atoms with Gasteiger partial charge in [0.15, 0.2) is 5.16 Å². The lowest BCUT2D eigenvalue weighted by atomic mass is 9.81. The molecule has 0 spiro atoms. The van der Waals surface area contributed by atoms with Crippen molar-refractivity contribution in [2.24, 2.45) is 7.05 Å². The predicted molar refractivity (Wildman–Crippen MR) is 82.2 cm³/mol. The predicted octanol–water partition coefficient (Wildman–Crippen LogP) is 1.76. The van der Waals surface area contributed by atoms with Crippen molar-refractivity contribution >= 4 is 17.7 Å². The van der Waals surface area contributed by atoms with Crippen molar-refractivity contribution in [1.29, 1.82) is 0 Å². The van der Waals surface area contributed by atoms with Crippen LogP contribution in [0.1, 0.15) is 39.5 Å². The number of thioether (sulfide) groups is 1. The maximum atomic E-state index is 12.4. The molecule has 7 heteroatoms. The highest BCUT2D eigenvalue weighted by atomic mass is 32.2. The van der Waals surface area contributed by atoms with Crippen molar-refractivity contribution in [3.05, 3.63) is 6.33 Å². The molecule has 1 aliphatic rings. The Kier molecular flexibility index (Phi) is 5.64. The number of aryl methyl sites for hydroxylation is 1. The van der Waals surface area contributed by atoms with E-state index in [4.69, 9.17) is 4.74 Å². The molecule has 1 aromatic rings. The van der Waals surface area contributed by atoms with Gasteiger partial charge in [0.1, 0.15) is 11.9 Å². The van der Waals surface area contributed by atoms with E-state index in [2.05, 4.69) is 15.4 Å². The highest BCUT2D eigenvalue weighted by Gasteiger charge is 2.43.